The van der Waals surface area contributed by atoms with Crippen LogP contribution >= 0.6 is 0 Å². The molecule has 2 rings (SSSR count). The number of ether oxygens (including phenoxy) is 1. The van der Waals surface area contributed by atoms with E-state index in [9.17, 15) is 4.39 Å². The monoisotopic (exact) mass is 321 g/mol. The Morgan fingerprint density at radius 2 is 1.83 bits per heavy atom. The van der Waals surface area contributed by atoms with Crippen molar-refractivity contribution >= 4 is 13.2 Å². The van der Waals surface area contributed by atoms with Crippen LogP contribution in [0.1, 0.15) is 33.3 Å². The summed E-state index contributed by atoms with van der Waals surface area (Å²) in [6, 6.07) is 4.59. The maximum absolute atomic E-state index is 13.7. The Bertz CT molecular complexity index is 586. The fourth-order valence-electron chi connectivity index (χ4n) is 2.40. The largest absolute Gasteiger partial charge is 0.497 e. The van der Waals surface area contributed by atoms with Gasteiger partial charge in [-0.3, -0.25) is 0 Å². The van der Waals surface area contributed by atoms with E-state index in [1.54, 1.807) is 6.07 Å². The van der Waals surface area contributed by atoms with Crippen LogP contribution in [0.5, 0.6) is 5.75 Å². The quantitative estimate of drug-likeness (QED) is 0.846. The smallest absolute Gasteiger partial charge is 0.491 e. The van der Waals surface area contributed by atoms with Crippen LogP contribution in [-0.2, 0) is 9.31 Å². The van der Waals surface area contributed by atoms with Gasteiger partial charge in [0.05, 0.1) is 18.3 Å². The zero-order valence-electron chi connectivity index (χ0n) is 14.7. The van der Waals surface area contributed by atoms with Crippen LogP contribution in [0.2, 0.25) is 0 Å². The third-order valence-electron chi connectivity index (χ3n) is 4.42. The molecule has 0 aromatic heterocycles. The zero-order chi connectivity index (χ0) is 17.3. The number of benzene rings is 1. The van der Waals surface area contributed by atoms with Gasteiger partial charge in [-0.05, 0) is 57.9 Å². The standard InChI is InChI=1S/C17H25BFNO3/c1-16(2)17(3,4)23-18(22-16)13(11-20-5)7-12-8-14(19)10-15(9-12)21-6/h7-10,20H,11H2,1-6H3. The van der Waals surface area contributed by atoms with Gasteiger partial charge in [0.25, 0.3) is 0 Å². The fourth-order valence-corrected chi connectivity index (χ4v) is 2.40. The molecule has 0 bridgehead atoms. The molecular weight excluding hydrogens is 296 g/mol. The number of halogens is 1. The Balaban J connectivity index is 2.34. The first-order chi connectivity index (χ1) is 10.7. The molecular formula is C17H25BFNO3. The lowest BCUT2D eigenvalue weighted by molar-refractivity contribution is 0.00578. The minimum atomic E-state index is -0.471. The lowest BCUT2D eigenvalue weighted by Crippen LogP contribution is -2.41. The van der Waals surface area contributed by atoms with Crippen molar-refractivity contribution in [2.24, 2.45) is 0 Å². The van der Waals surface area contributed by atoms with Gasteiger partial charge < -0.3 is 19.4 Å². The lowest BCUT2D eigenvalue weighted by atomic mass is 9.77. The third kappa shape index (κ3) is 3.94. The first-order valence-corrected chi connectivity index (χ1v) is 7.74. The minimum absolute atomic E-state index is 0.340. The van der Waals surface area contributed by atoms with Crippen molar-refractivity contribution in [3.8, 4) is 5.75 Å². The lowest BCUT2D eigenvalue weighted by Gasteiger charge is -2.32. The number of methoxy groups -OCH3 is 1. The highest BCUT2D eigenvalue weighted by atomic mass is 19.1. The molecule has 0 radical (unpaired) electrons. The highest BCUT2D eigenvalue weighted by Gasteiger charge is 2.52. The summed E-state index contributed by atoms with van der Waals surface area (Å²) >= 11 is 0. The molecule has 23 heavy (non-hydrogen) atoms. The van der Waals surface area contributed by atoms with Gasteiger partial charge in [0.15, 0.2) is 0 Å². The van der Waals surface area contributed by atoms with Gasteiger partial charge in [-0.1, -0.05) is 6.08 Å². The molecule has 0 aliphatic carbocycles. The summed E-state index contributed by atoms with van der Waals surface area (Å²) in [6.45, 7) is 8.62. The van der Waals surface area contributed by atoms with Gasteiger partial charge >= 0.3 is 7.12 Å². The SMILES string of the molecule is CNCC(=Cc1cc(F)cc(OC)c1)B1OC(C)(C)C(C)(C)O1. The zero-order valence-corrected chi connectivity index (χ0v) is 14.7. The predicted molar refractivity (Wildman–Crippen MR) is 90.9 cm³/mol. The van der Waals surface area contributed by atoms with E-state index < -0.39 is 18.3 Å². The van der Waals surface area contributed by atoms with Gasteiger partial charge in [0.1, 0.15) is 11.6 Å². The number of hydrogen-bond donors (Lipinski definition) is 1. The highest BCUT2D eigenvalue weighted by molar-refractivity contribution is 6.55. The summed E-state index contributed by atoms with van der Waals surface area (Å²) in [4.78, 5) is 0. The van der Waals surface area contributed by atoms with E-state index in [2.05, 4.69) is 5.32 Å². The van der Waals surface area contributed by atoms with Crippen LogP contribution < -0.4 is 10.1 Å². The number of likely N-dealkylation sites (N-methyl/N-ethyl adjacent to an activating group) is 1. The van der Waals surface area contributed by atoms with Crippen LogP contribution in [-0.4, -0.2) is 39.0 Å². The topological polar surface area (TPSA) is 39.7 Å². The van der Waals surface area contributed by atoms with Crippen molar-refractivity contribution in [2.45, 2.75) is 38.9 Å². The predicted octanol–water partition coefficient (Wildman–Crippen LogP) is 3.07. The summed E-state index contributed by atoms with van der Waals surface area (Å²) in [6.07, 6.45) is 1.88. The molecule has 0 saturated carbocycles. The second-order valence-electron chi connectivity index (χ2n) is 6.76. The van der Waals surface area contributed by atoms with Crippen LogP contribution in [0.3, 0.4) is 0 Å². The minimum Gasteiger partial charge on any atom is -0.497 e. The van der Waals surface area contributed by atoms with Crippen molar-refractivity contribution in [3.05, 3.63) is 35.1 Å². The Kier molecular flexibility index (Phi) is 5.18. The molecule has 0 unspecified atom stereocenters. The van der Waals surface area contributed by atoms with Crippen LogP contribution in [0.25, 0.3) is 6.08 Å². The molecule has 6 heteroatoms. The number of nitrogens with one attached hydrogen (secondary N) is 1. The average molecular weight is 321 g/mol. The molecule has 0 spiro atoms. The molecule has 1 aliphatic rings. The van der Waals surface area contributed by atoms with E-state index in [1.807, 2.05) is 40.8 Å². The number of rotatable bonds is 5. The van der Waals surface area contributed by atoms with E-state index in [4.69, 9.17) is 14.0 Å². The Labute approximate surface area is 138 Å². The Morgan fingerprint density at radius 1 is 1.22 bits per heavy atom. The van der Waals surface area contributed by atoms with Crippen LogP contribution in [0, 0.1) is 5.82 Å². The molecule has 1 aromatic rings. The molecule has 1 heterocycles. The Morgan fingerprint density at radius 3 is 2.35 bits per heavy atom. The maximum Gasteiger partial charge on any atom is 0.491 e. The van der Waals surface area contributed by atoms with Gasteiger partial charge in [0.2, 0.25) is 0 Å². The molecule has 1 aliphatic heterocycles. The second-order valence-corrected chi connectivity index (χ2v) is 6.76. The van der Waals surface area contributed by atoms with Crippen molar-refractivity contribution in [2.75, 3.05) is 20.7 Å². The van der Waals surface area contributed by atoms with Crippen LogP contribution in [0.15, 0.2) is 23.7 Å². The number of hydrogen-bond acceptors (Lipinski definition) is 4. The third-order valence-corrected chi connectivity index (χ3v) is 4.42. The van der Waals surface area contributed by atoms with Gasteiger partial charge in [-0.15, -0.1) is 0 Å². The normalized spacial score (nSPS) is 20.0. The van der Waals surface area contributed by atoms with E-state index in [1.165, 1.54) is 19.2 Å². The molecule has 0 atom stereocenters. The van der Waals surface area contributed by atoms with E-state index in [-0.39, 0.29) is 5.82 Å². The first-order valence-electron chi connectivity index (χ1n) is 7.74. The summed E-state index contributed by atoms with van der Waals surface area (Å²) in [5.74, 6) is 0.141. The summed E-state index contributed by atoms with van der Waals surface area (Å²) in [5.41, 5.74) is 0.787. The van der Waals surface area contributed by atoms with E-state index >= 15 is 0 Å². The molecule has 0 amide bonds. The van der Waals surface area contributed by atoms with Crippen molar-refractivity contribution < 1.29 is 18.4 Å². The van der Waals surface area contributed by atoms with Gasteiger partial charge in [0, 0.05) is 12.6 Å². The van der Waals surface area contributed by atoms with Crippen molar-refractivity contribution in [3.63, 3.8) is 0 Å². The van der Waals surface area contributed by atoms with Crippen molar-refractivity contribution in [1.29, 1.82) is 0 Å². The Hall–Kier alpha value is -1.37. The fraction of sp³-hybridized carbons (Fsp3) is 0.529. The van der Waals surface area contributed by atoms with E-state index in [0.29, 0.717) is 17.9 Å². The maximum atomic E-state index is 13.7. The van der Waals surface area contributed by atoms with E-state index in [0.717, 1.165) is 5.47 Å². The molecule has 4 nitrogen and oxygen atoms in total. The second kappa shape index (κ2) is 6.63. The summed E-state index contributed by atoms with van der Waals surface area (Å²) in [5, 5.41) is 3.11. The van der Waals surface area contributed by atoms with Gasteiger partial charge in [-0.25, -0.2) is 4.39 Å². The van der Waals surface area contributed by atoms with Crippen LogP contribution in [0.4, 0.5) is 4.39 Å². The summed E-state index contributed by atoms with van der Waals surface area (Å²) in [7, 11) is 2.90. The molecule has 126 valence electrons. The molecule has 1 N–H and O–H groups in total. The highest BCUT2D eigenvalue weighted by Crippen LogP contribution is 2.38. The van der Waals surface area contributed by atoms with Crippen molar-refractivity contribution in [1.82, 2.24) is 5.32 Å². The molecule has 1 saturated heterocycles. The average Bonchev–Trinajstić information content (AvgIpc) is 2.66. The molecule has 1 fully saturated rings. The first kappa shape index (κ1) is 18.0. The van der Waals surface area contributed by atoms with Gasteiger partial charge in [-0.2, -0.15) is 0 Å². The summed E-state index contributed by atoms with van der Waals surface area (Å²) < 4.78 is 31.0. The molecule has 1 aromatic carbocycles.